The normalized spacial score (nSPS) is 18.5. The van der Waals surface area contributed by atoms with Gasteiger partial charge in [-0.05, 0) is 30.7 Å². The van der Waals surface area contributed by atoms with Gasteiger partial charge in [0.15, 0.2) is 0 Å². The van der Waals surface area contributed by atoms with Crippen LogP contribution in [0.5, 0.6) is 0 Å². The summed E-state index contributed by atoms with van der Waals surface area (Å²) in [5, 5.41) is 11.2. The summed E-state index contributed by atoms with van der Waals surface area (Å²) in [5.41, 5.74) is 0.762. The lowest BCUT2D eigenvalue weighted by Crippen LogP contribution is -2.32. The molecule has 1 aliphatic heterocycles. The Bertz CT molecular complexity index is 719. The summed E-state index contributed by atoms with van der Waals surface area (Å²) in [6.07, 6.45) is 1.11. The number of sulfone groups is 1. The van der Waals surface area contributed by atoms with Crippen molar-refractivity contribution in [1.29, 1.82) is 5.26 Å². The van der Waals surface area contributed by atoms with Crippen LogP contribution in [0.3, 0.4) is 0 Å². The fraction of sp³-hybridized carbons (Fsp3) is 0.308. The number of anilines is 1. The first-order chi connectivity index (χ1) is 9.81. The number of hydrogen-bond acceptors (Lipinski definition) is 5. The Balaban J connectivity index is 2.16. The van der Waals surface area contributed by atoms with Gasteiger partial charge in [-0.15, -0.1) is 0 Å². The molecule has 1 fully saturated rings. The summed E-state index contributed by atoms with van der Waals surface area (Å²) in [6.45, 7) is 0. The quantitative estimate of drug-likeness (QED) is 0.811. The summed E-state index contributed by atoms with van der Waals surface area (Å²) in [6, 6.07) is 6.49. The molecule has 1 aliphatic rings. The Morgan fingerprint density at radius 3 is 2.43 bits per heavy atom. The molecule has 1 unspecified atom stereocenters. The average Bonchev–Trinajstić information content (AvgIpc) is 2.71. The van der Waals surface area contributed by atoms with Crippen LogP contribution in [0, 0.1) is 11.3 Å². The molecule has 0 saturated carbocycles. The van der Waals surface area contributed by atoms with E-state index in [2.05, 4.69) is 5.32 Å². The first kappa shape index (κ1) is 15.0. The highest BCUT2D eigenvalue weighted by Crippen LogP contribution is 2.21. The molecule has 1 saturated heterocycles. The second kappa shape index (κ2) is 5.54. The molecule has 7 nitrogen and oxygen atoms in total. The van der Waals surface area contributed by atoms with E-state index in [4.69, 9.17) is 5.26 Å². The highest BCUT2D eigenvalue weighted by atomic mass is 32.2. The standard InChI is InChI=1S/C13H13N3O4S/c1-21(19,20)7-6-11-12(17)16(13(18)15-11)10-4-2-9(8-14)3-5-10/h2-5,11H,6-7H2,1H3,(H,15,18). The number of carbonyl (C=O) groups is 2. The minimum atomic E-state index is -3.20. The van der Waals surface area contributed by atoms with Crippen molar-refractivity contribution in [2.75, 3.05) is 16.9 Å². The lowest BCUT2D eigenvalue weighted by molar-refractivity contribution is -0.118. The van der Waals surface area contributed by atoms with E-state index in [1.807, 2.05) is 6.07 Å². The first-order valence-corrected chi connectivity index (χ1v) is 8.20. The van der Waals surface area contributed by atoms with E-state index in [1.165, 1.54) is 24.3 Å². The van der Waals surface area contributed by atoms with Crippen LogP contribution < -0.4 is 10.2 Å². The highest BCUT2D eigenvalue weighted by molar-refractivity contribution is 7.90. The largest absolute Gasteiger partial charge is 0.329 e. The van der Waals surface area contributed by atoms with Gasteiger partial charge in [-0.1, -0.05) is 0 Å². The monoisotopic (exact) mass is 307 g/mol. The van der Waals surface area contributed by atoms with Crippen LogP contribution in [0.1, 0.15) is 12.0 Å². The molecule has 1 heterocycles. The molecule has 0 radical (unpaired) electrons. The summed E-state index contributed by atoms with van der Waals surface area (Å²) < 4.78 is 22.3. The third-order valence-corrected chi connectivity index (χ3v) is 4.03. The number of carbonyl (C=O) groups excluding carboxylic acids is 2. The molecule has 0 spiro atoms. The Kier molecular flexibility index (Phi) is 3.95. The Morgan fingerprint density at radius 1 is 1.29 bits per heavy atom. The Morgan fingerprint density at radius 2 is 1.90 bits per heavy atom. The number of nitrogens with one attached hydrogen (secondary N) is 1. The number of benzene rings is 1. The van der Waals surface area contributed by atoms with Crippen molar-refractivity contribution in [1.82, 2.24) is 5.32 Å². The molecule has 8 heteroatoms. The first-order valence-electron chi connectivity index (χ1n) is 6.14. The molecule has 1 atom stereocenters. The number of urea groups is 1. The number of hydrogen-bond donors (Lipinski definition) is 1. The Hall–Kier alpha value is -2.40. The van der Waals surface area contributed by atoms with Crippen LogP contribution in [0.25, 0.3) is 0 Å². The Labute approximate surface area is 122 Å². The van der Waals surface area contributed by atoms with Gasteiger partial charge in [-0.2, -0.15) is 5.26 Å². The van der Waals surface area contributed by atoms with Crippen LogP contribution in [0.15, 0.2) is 24.3 Å². The summed E-state index contributed by atoms with van der Waals surface area (Å²) in [5.74, 6) is -0.668. The van der Waals surface area contributed by atoms with E-state index in [-0.39, 0.29) is 12.2 Å². The highest BCUT2D eigenvalue weighted by Gasteiger charge is 2.39. The number of nitriles is 1. The molecule has 3 amide bonds. The van der Waals surface area contributed by atoms with E-state index in [0.29, 0.717) is 11.3 Å². The lowest BCUT2D eigenvalue weighted by atomic mass is 10.2. The van der Waals surface area contributed by atoms with Crippen molar-refractivity contribution in [2.45, 2.75) is 12.5 Å². The molecule has 2 rings (SSSR count). The number of rotatable bonds is 4. The second-order valence-corrected chi connectivity index (χ2v) is 7.01. The van der Waals surface area contributed by atoms with Gasteiger partial charge in [0, 0.05) is 6.26 Å². The van der Waals surface area contributed by atoms with Crippen LogP contribution in [-0.4, -0.2) is 38.4 Å². The number of imide groups is 1. The molecule has 0 bridgehead atoms. The molecule has 0 aromatic heterocycles. The van der Waals surface area contributed by atoms with E-state index >= 15 is 0 Å². The fourth-order valence-corrected chi connectivity index (χ4v) is 2.65. The van der Waals surface area contributed by atoms with Crippen LogP contribution >= 0.6 is 0 Å². The number of amides is 3. The molecule has 110 valence electrons. The van der Waals surface area contributed by atoms with Gasteiger partial charge in [0.05, 0.1) is 23.1 Å². The minimum absolute atomic E-state index is 0.0379. The van der Waals surface area contributed by atoms with E-state index in [9.17, 15) is 18.0 Å². The minimum Gasteiger partial charge on any atom is -0.325 e. The maximum Gasteiger partial charge on any atom is 0.329 e. The summed E-state index contributed by atoms with van der Waals surface area (Å²) in [7, 11) is -3.20. The fourth-order valence-electron chi connectivity index (χ4n) is 1.99. The molecular formula is C13H13N3O4S. The van der Waals surface area contributed by atoms with Gasteiger partial charge in [0.25, 0.3) is 5.91 Å². The third kappa shape index (κ3) is 3.38. The van der Waals surface area contributed by atoms with Crippen LogP contribution in [0.4, 0.5) is 10.5 Å². The van der Waals surface area contributed by atoms with Gasteiger partial charge >= 0.3 is 6.03 Å². The van der Waals surface area contributed by atoms with Crippen molar-refractivity contribution in [2.24, 2.45) is 0 Å². The zero-order chi connectivity index (χ0) is 15.6. The molecular weight excluding hydrogens is 294 g/mol. The molecule has 21 heavy (non-hydrogen) atoms. The van der Waals surface area contributed by atoms with Crippen LogP contribution in [-0.2, 0) is 14.6 Å². The van der Waals surface area contributed by atoms with Crippen molar-refractivity contribution < 1.29 is 18.0 Å². The van der Waals surface area contributed by atoms with Crippen molar-refractivity contribution >= 4 is 27.5 Å². The van der Waals surface area contributed by atoms with Gasteiger partial charge in [-0.25, -0.2) is 18.1 Å². The summed E-state index contributed by atoms with van der Waals surface area (Å²) >= 11 is 0. The maximum absolute atomic E-state index is 12.2. The smallest absolute Gasteiger partial charge is 0.325 e. The number of nitrogens with zero attached hydrogens (tertiary/aromatic N) is 2. The van der Waals surface area contributed by atoms with E-state index in [0.717, 1.165) is 11.2 Å². The van der Waals surface area contributed by atoms with Gasteiger partial charge < -0.3 is 5.32 Å². The van der Waals surface area contributed by atoms with Gasteiger partial charge in [0.1, 0.15) is 15.9 Å². The predicted molar refractivity (Wildman–Crippen MR) is 75.3 cm³/mol. The topological polar surface area (TPSA) is 107 Å². The molecule has 0 aliphatic carbocycles. The second-order valence-electron chi connectivity index (χ2n) is 4.75. The van der Waals surface area contributed by atoms with Crippen molar-refractivity contribution in [3.8, 4) is 6.07 Å². The van der Waals surface area contributed by atoms with Gasteiger partial charge in [-0.3, -0.25) is 4.79 Å². The molecule has 1 N–H and O–H groups in total. The maximum atomic E-state index is 12.2. The SMILES string of the molecule is CS(=O)(=O)CCC1NC(=O)N(c2ccc(C#N)cc2)C1=O. The van der Waals surface area contributed by atoms with Gasteiger partial charge in [0.2, 0.25) is 0 Å². The average molecular weight is 307 g/mol. The van der Waals surface area contributed by atoms with E-state index in [1.54, 1.807) is 0 Å². The van der Waals surface area contributed by atoms with E-state index < -0.39 is 27.8 Å². The zero-order valence-electron chi connectivity index (χ0n) is 11.2. The summed E-state index contributed by atoms with van der Waals surface area (Å²) in [4.78, 5) is 25.0. The predicted octanol–water partition coefficient (Wildman–Crippen LogP) is 0.418. The molecule has 1 aromatic carbocycles. The third-order valence-electron chi connectivity index (χ3n) is 3.05. The molecule has 1 aromatic rings. The van der Waals surface area contributed by atoms with Crippen molar-refractivity contribution in [3.05, 3.63) is 29.8 Å². The zero-order valence-corrected chi connectivity index (χ0v) is 12.1. The lowest BCUT2D eigenvalue weighted by Gasteiger charge is -2.12. The van der Waals surface area contributed by atoms with Crippen LogP contribution in [0.2, 0.25) is 0 Å². The van der Waals surface area contributed by atoms with Crippen molar-refractivity contribution in [3.63, 3.8) is 0 Å².